The van der Waals surface area contributed by atoms with Crippen LogP contribution in [0.5, 0.6) is 0 Å². The first-order chi connectivity index (χ1) is 12.5. The minimum absolute atomic E-state index is 0.0488. The summed E-state index contributed by atoms with van der Waals surface area (Å²) in [6.07, 6.45) is 17.3. The van der Waals surface area contributed by atoms with E-state index in [2.05, 4.69) is 0 Å². The number of benzene rings is 1. The smallest absolute Gasteiger partial charge is 0.269 e. The Kier molecular flexibility index (Phi) is 5.20. The van der Waals surface area contributed by atoms with Gasteiger partial charge in [-0.05, 0) is 47.9 Å². The van der Waals surface area contributed by atoms with Crippen LogP contribution in [-0.2, 0) is 11.3 Å². The summed E-state index contributed by atoms with van der Waals surface area (Å²) in [6.45, 7) is 2.46. The van der Waals surface area contributed by atoms with Crippen molar-refractivity contribution in [2.75, 3.05) is 0 Å². The first kappa shape index (κ1) is 17.5. The van der Waals surface area contributed by atoms with Crippen LogP contribution in [0.3, 0.4) is 0 Å². The topological polar surface area (TPSA) is 64.7 Å². The van der Waals surface area contributed by atoms with Crippen molar-refractivity contribution < 1.29 is 14.6 Å². The second kappa shape index (κ2) is 7.72. The van der Waals surface area contributed by atoms with Gasteiger partial charge >= 0.3 is 0 Å². The van der Waals surface area contributed by atoms with Gasteiger partial charge in [0.1, 0.15) is 6.54 Å². The number of hydrogen-bond acceptors (Lipinski definition) is 3. The predicted molar refractivity (Wildman–Crippen MR) is 100 cm³/mol. The fourth-order valence-electron chi connectivity index (χ4n) is 2.73. The summed E-state index contributed by atoms with van der Waals surface area (Å²) in [7, 11) is 0. The lowest BCUT2D eigenvalue weighted by molar-refractivity contribution is -0.806. The van der Waals surface area contributed by atoms with Gasteiger partial charge in [-0.1, -0.05) is 30.4 Å². The van der Waals surface area contributed by atoms with Crippen molar-refractivity contribution in [3.8, 4) is 0 Å². The molecule has 0 atom stereocenters. The normalized spacial score (nSPS) is 20.4. The third-order valence-corrected chi connectivity index (χ3v) is 4.18. The molecular weight excluding hydrogens is 328 g/mol. The summed E-state index contributed by atoms with van der Waals surface area (Å²) >= 11 is 0. The van der Waals surface area contributed by atoms with Gasteiger partial charge in [-0.3, -0.25) is 19.8 Å². The summed E-state index contributed by atoms with van der Waals surface area (Å²) in [6, 6.07) is 6.71. The Morgan fingerprint density at radius 1 is 1.08 bits per heavy atom. The number of allylic oxidation sites excluding steroid dienone is 10. The molecule has 2 aliphatic rings. The van der Waals surface area contributed by atoms with Gasteiger partial charge in [0.2, 0.25) is 0 Å². The van der Waals surface area contributed by atoms with Crippen molar-refractivity contribution in [2.45, 2.75) is 13.5 Å². The van der Waals surface area contributed by atoms with Gasteiger partial charge in [0, 0.05) is 17.7 Å². The van der Waals surface area contributed by atoms with E-state index in [4.69, 9.17) is 0 Å². The van der Waals surface area contributed by atoms with E-state index in [1.54, 1.807) is 18.2 Å². The van der Waals surface area contributed by atoms with E-state index in [0.29, 0.717) is 6.54 Å². The van der Waals surface area contributed by atoms with Crippen LogP contribution >= 0.6 is 0 Å². The lowest BCUT2D eigenvalue weighted by Gasteiger charge is -2.13. The van der Waals surface area contributed by atoms with Gasteiger partial charge in [-0.15, -0.1) is 0 Å². The Hall–Kier alpha value is -3.31. The number of hydrogen-bond donors (Lipinski definition) is 1. The van der Waals surface area contributed by atoms with Crippen molar-refractivity contribution in [1.82, 2.24) is 0 Å². The number of rotatable bonds is 4. The SMILES string of the molecule is CC1=CC(=CC=C2C=C[NH+](Cc3cccc([N+](=O)[O-])c3)C=C2)C=CC1=O. The molecule has 0 saturated heterocycles. The van der Waals surface area contributed by atoms with Gasteiger partial charge in [0.15, 0.2) is 5.78 Å². The second-order valence-corrected chi connectivity index (χ2v) is 6.20. The van der Waals surface area contributed by atoms with E-state index < -0.39 is 0 Å². The van der Waals surface area contributed by atoms with E-state index in [0.717, 1.165) is 27.2 Å². The Labute approximate surface area is 151 Å². The Bertz CT molecular complexity index is 914. The highest BCUT2D eigenvalue weighted by atomic mass is 16.6. The summed E-state index contributed by atoms with van der Waals surface area (Å²) in [5.74, 6) is 0.0488. The van der Waals surface area contributed by atoms with Crippen molar-refractivity contribution in [3.05, 3.63) is 112 Å². The molecule has 0 amide bonds. The third kappa shape index (κ3) is 4.40. The number of nitro benzene ring substituents is 1. The Balaban J connectivity index is 1.65. The van der Waals surface area contributed by atoms with Crippen molar-refractivity contribution in [2.24, 2.45) is 0 Å². The average Bonchev–Trinajstić information content (AvgIpc) is 2.64. The molecule has 1 heterocycles. The molecule has 0 unspecified atom stereocenters. The van der Waals surface area contributed by atoms with Gasteiger partial charge in [0.05, 0.1) is 17.3 Å². The molecule has 1 aliphatic heterocycles. The minimum atomic E-state index is -0.376. The number of quaternary nitrogens is 1. The third-order valence-electron chi connectivity index (χ3n) is 4.18. The van der Waals surface area contributed by atoms with Crippen LogP contribution in [0.25, 0.3) is 0 Å². The van der Waals surface area contributed by atoms with E-state index in [1.807, 2.05) is 61.8 Å². The highest BCUT2D eigenvalue weighted by Gasteiger charge is 2.11. The van der Waals surface area contributed by atoms with Crippen LogP contribution in [-0.4, -0.2) is 10.7 Å². The summed E-state index contributed by atoms with van der Waals surface area (Å²) in [4.78, 5) is 23.0. The lowest BCUT2D eigenvalue weighted by Crippen LogP contribution is -3.01. The van der Waals surface area contributed by atoms with Crippen LogP contribution in [0.1, 0.15) is 12.5 Å². The molecule has 1 aliphatic carbocycles. The zero-order valence-corrected chi connectivity index (χ0v) is 14.4. The van der Waals surface area contributed by atoms with Gasteiger partial charge < -0.3 is 0 Å². The molecule has 26 heavy (non-hydrogen) atoms. The van der Waals surface area contributed by atoms with Gasteiger partial charge in [-0.2, -0.15) is 0 Å². The maximum absolute atomic E-state index is 11.4. The van der Waals surface area contributed by atoms with E-state index in [-0.39, 0.29) is 16.4 Å². The summed E-state index contributed by atoms with van der Waals surface area (Å²) in [5, 5.41) is 10.9. The maximum atomic E-state index is 11.4. The zero-order chi connectivity index (χ0) is 18.5. The fraction of sp³-hybridized carbons (Fsp3) is 0.0952. The van der Waals surface area contributed by atoms with Crippen molar-refractivity contribution >= 4 is 11.5 Å². The van der Waals surface area contributed by atoms with Crippen LogP contribution in [0.4, 0.5) is 5.69 Å². The molecular formula is C21H19N2O3+. The van der Waals surface area contributed by atoms with E-state index in [9.17, 15) is 14.9 Å². The minimum Gasteiger partial charge on any atom is -0.290 e. The number of carbonyl (C=O) groups excluding carboxylic acids is 1. The van der Waals surface area contributed by atoms with Crippen LogP contribution in [0, 0.1) is 10.1 Å². The van der Waals surface area contributed by atoms with E-state index in [1.165, 1.54) is 6.07 Å². The quantitative estimate of drug-likeness (QED) is 0.673. The van der Waals surface area contributed by atoms with Crippen LogP contribution in [0.15, 0.2) is 95.9 Å². The molecule has 0 radical (unpaired) electrons. The van der Waals surface area contributed by atoms with Gasteiger partial charge in [-0.25, -0.2) is 0 Å². The molecule has 0 saturated carbocycles. The van der Waals surface area contributed by atoms with Gasteiger partial charge in [0.25, 0.3) is 5.69 Å². The molecule has 0 aromatic heterocycles. The number of non-ortho nitro benzene ring substituents is 1. The maximum Gasteiger partial charge on any atom is 0.269 e. The highest BCUT2D eigenvalue weighted by Crippen LogP contribution is 2.14. The largest absolute Gasteiger partial charge is 0.290 e. The Morgan fingerprint density at radius 2 is 1.81 bits per heavy atom. The highest BCUT2D eigenvalue weighted by molar-refractivity contribution is 6.05. The molecule has 0 fully saturated rings. The second-order valence-electron chi connectivity index (χ2n) is 6.20. The fourth-order valence-corrected chi connectivity index (χ4v) is 2.73. The molecule has 1 aromatic carbocycles. The first-order valence-corrected chi connectivity index (χ1v) is 8.29. The molecule has 3 rings (SSSR count). The summed E-state index contributed by atoms with van der Waals surface area (Å²) in [5.41, 5.74) is 3.80. The average molecular weight is 347 g/mol. The lowest BCUT2D eigenvalue weighted by atomic mass is 10.0. The Morgan fingerprint density at radius 3 is 2.50 bits per heavy atom. The van der Waals surface area contributed by atoms with E-state index >= 15 is 0 Å². The number of nitro groups is 1. The number of nitrogens with zero attached hydrogens (tertiary/aromatic N) is 1. The predicted octanol–water partition coefficient (Wildman–Crippen LogP) is 2.96. The molecule has 1 aromatic rings. The first-order valence-electron chi connectivity index (χ1n) is 8.29. The van der Waals surface area contributed by atoms with Crippen molar-refractivity contribution in [1.29, 1.82) is 0 Å². The number of nitrogens with one attached hydrogen (secondary N) is 1. The molecule has 5 nitrogen and oxygen atoms in total. The molecule has 5 heteroatoms. The molecule has 0 bridgehead atoms. The number of ketones is 1. The van der Waals surface area contributed by atoms with Crippen LogP contribution < -0.4 is 4.90 Å². The van der Waals surface area contributed by atoms with Crippen LogP contribution in [0.2, 0.25) is 0 Å². The standard InChI is InChI=1S/C21H18N2O3/c1-16-13-18(7-8-21(16)24)6-5-17-9-11-22(12-10-17)15-19-3-2-4-20(14-19)23(25)26/h2-14H,15H2,1H3/p+1. The summed E-state index contributed by atoms with van der Waals surface area (Å²) < 4.78 is 0. The molecule has 1 N–H and O–H groups in total. The molecule has 130 valence electrons. The zero-order valence-electron chi connectivity index (χ0n) is 14.4. The monoisotopic (exact) mass is 347 g/mol. The number of carbonyl (C=O) groups is 1. The van der Waals surface area contributed by atoms with Crippen molar-refractivity contribution in [3.63, 3.8) is 0 Å². The molecule has 0 spiro atoms.